The van der Waals surface area contributed by atoms with Crippen molar-refractivity contribution in [3.8, 4) is 0 Å². The van der Waals surface area contributed by atoms with Gasteiger partial charge in [-0.2, -0.15) is 0 Å². The fourth-order valence-corrected chi connectivity index (χ4v) is 6.90. The van der Waals surface area contributed by atoms with Crippen molar-refractivity contribution in [2.75, 3.05) is 26.2 Å². The molecule has 40 heavy (non-hydrogen) atoms. The highest BCUT2D eigenvalue weighted by Gasteiger charge is 2.42. The summed E-state index contributed by atoms with van der Waals surface area (Å²) < 4.78 is 0. The van der Waals surface area contributed by atoms with Gasteiger partial charge in [0.15, 0.2) is 0 Å². The maximum absolute atomic E-state index is 13.7. The van der Waals surface area contributed by atoms with E-state index in [1.165, 1.54) is 43.3 Å². The molecule has 2 saturated heterocycles. The van der Waals surface area contributed by atoms with Crippen molar-refractivity contribution < 1.29 is 9.59 Å². The van der Waals surface area contributed by atoms with Crippen LogP contribution in [0.5, 0.6) is 0 Å². The van der Waals surface area contributed by atoms with Crippen LogP contribution < -0.4 is 0 Å². The second kappa shape index (κ2) is 9.04. The Bertz CT molecular complexity index is 1930. The van der Waals surface area contributed by atoms with Gasteiger partial charge in [-0.15, -0.1) is 0 Å². The van der Waals surface area contributed by atoms with E-state index in [1.807, 2.05) is 12.1 Å². The van der Waals surface area contributed by atoms with E-state index in [4.69, 9.17) is 0 Å². The second-order valence-corrected chi connectivity index (χ2v) is 11.3. The number of amides is 2. The Morgan fingerprint density at radius 2 is 1.35 bits per heavy atom. The van der Waals surface area contributed by atoms with Crippen molar-refractivity contribution in [2.45, 2.75) is 19.1 Å². The van der Waals surface area contributed by atoms with E-state index in [1.54, 1.807) is 9.80 Å². The summed E-state index contributed by atoms with van der Waals surface area (Å²) in [6.45, 7) is 3.27. The Labute approximate surface area is 232 Å². The molecule has 0 spiro atoms. The maximum Gasteiger partial charge on any atom is 0.247 e. The quantitative estimate of drug-likeness (QED) is 0.275. The average Bonchev–Trinajstić information content (AvgIpc) is 2.99. The summed E-state index contributed by atoms with van der Waals surface area (Å²) in [5.74, 6) is 0.0978. The molecule has 2 amide bonds. The van der Waals surface area contributed by atoms with Gasteiger partial charge < -0.3 is 9.80 Å². The SMILES string of the molecule is O=C1C2CN(Cc3ccc4ccc5cccc6ccc3c4c56)CCN2C(=O)CN1Cc1ccc2ccccc2c1. The lowest BCUT2D eigenvalue weighted by Gasteiger charge is -2.46. The number of hydrogen-bond donors (Lipinski definition) is 0. The van der Waals surface area contributed by atoms with Gasteiger partial charge in [0, 0.05) is 32.7 Å². The third-order valence-corrected chi connectivity index (χ3v) is 8.91. The summed E-state index contributed by atoms with van der Waals surface area (Å²) in [7, 11) is 0. The normalized spacial score (nSPS) is 18.4. The van der Waals surface area contributed by atoms with E-state index in [2.05, 4.69) is 89.8 Å². The Morgan fingerprint density at radius 3 is 2.20 bits per heavy atom. The predicted octanol–water partition coefficient (Wildman–Crippen LogP) is 5.79. The first-order valence-electron chi connectivity index (χ1n) is 14.1. The molecule has 0 aliphatic carbocycles. The zero-order valence-corrected chi connectivity index (χ0v) is 22.2. The minimum Gasteiger partial charge on any atom is -0.327 e. The number of nitrogens with zero attached hydrogens (tertiary/aromatic N) is 3. The summed E-state index contributed by atoms with van der Waals surface area (Å²) >= 11 is 0. The van der Waals surface area contributed by atoms with Crippen LogP contribution in [0.4, 0.5) is 0 Å². The number of carbonyl (C=O) groups is 2. The lowest BCUT2D eigenvalue weighted by Crippen LogP contribution is -2.66. The smallest absolute Gasteiger partial charge is 0.247 e. The summed E-state index contributed by atoms with van der Waals surface area (Å²) in [5.41, 5.74) is 2.32. The lowest BCUT2D eigenvalue weighted by molar-refractivity contribution is -0.160. The Balaban J connectivity index is 1.06. The van der Waals surface area contributed by atoms with Crippen molar-refractivity contribution >= 4 is 54.9 Å². The van der Waals surface area contributed by atoms with Crippen LogP contribution in [0.25, 0.3) is 43.1 Å². The van der Waals surface area contributed by atoms with Gasteiger partial charge in [0.05, 0.1) is 0 Å². The van der Waals surface area contributed by atoms with Gasteiger partial charge in [-0.05, 0) is 60.3 Å². The molecule has 0 N–H and O–H groups in total. The third-order valence-electron chi connectivity index (χ3n) is 8.91. The predicted molar refractivity (Wildman–Crippen MR) is 160 cm³/mol. The Kier molecular flexibility index (Phi) is 5.29. The van der Waals surface area contributed by atoms with Crippen LogP contribution in [0, 0.1) is 0 Å². The van der Waals surface area contributed by atoms with Gasteiger partial charge in [0.2, 0.25) is 11.8 Å². The third kappa shape index (κ3) is 3.73. The zero-order chi connectivity index (χ0) is 26.8. The maximum atomic E-state index is 13.7. The van der Waals surface area contributed by atoms with E-state index in [-0.39, 0.29) is 18.4 Å². The summed E-state index contributed by atoms with van der Waals surface area (Å²) in [5, 5.41) is 10.0. The van der Waals surface area contributed by atoms with Gasteiger partial charge >= 0.3 is 0 Å². The van der Waals surface area contributed by atoms with E-state index < -0.39 is 6.04 Å². The highest BCUT2D eigenvalue weighted by molar-refractivity contribution is 6.23. The first kappa shape index (κ1) is 23.4. The van der Waals surface area contributed by atoms with E-state index in [9.17, 15) is 9.59 Å². The van der Waals surface area contributed by atoms with Crippen LogP contribution in [-0.2, 0) is 22.7 Å². The standard InChI is InChI=1S/C35H29N3O2/c39-32-22-37(19-23-8-9-24-4-1-2-5-28(24)18-23)35(40)31-21-36(16-17-38(31)32)20-29-13-12-27-11-10-25-6-3-7-26-14-15-30(29)34(27)33(25)26/h1-15,18,31H,16-17,19-22H2. The minimum atomic E-state index is -0.435. The highest BCUT2D eigenvalue weighted by Crippen LogP contribution is 2.36. The molecule has 0 saturated carbocycles. The number of fused-ring (bicyclic) bond motifs is 2. The van der Waals surface area contributed by atoms with Gasteiger partial charge in [-0.25, -0.2) is 0 Å². The van der Waals surface area contributed by atoms with Crippen molar-refractivity contribution in [1.82, 2.24) is 14.7 Å². The van der Waals surface area contributed by atoms with Crippen LogP contribution in [0.2, 0.25) is 0 Å². The number of hydrogen-bond acceptors (Lipinski definition) is 3. The molecule has 0 bridgehead atoms. The zero-order valence-electron chi connectivity index (χ0n) is 22.2. The van der Waals surface area contributed by atoms with Crippen LogP contribution >= 0.6 is 0 Å². The summed E-state index contributed by atoms with van der Waals surface area (Å²) in [6, 6.07) is 33.9. The molecule has 6 aromatic rings. The molecule has 196 valence electrons. The average molecular weight is 524 g/mol. The Hall–Kier alpha value is -4.48. The largest absolute Gasteiger partial charge is 0.327 e. The topological polar surface area (TPSA) is 43.9 Å². The number of rotatable bonds is 4. The van der Waals surface area contributed by atoms with Crippen molar-refractivity contribution in [1.29, 1.82) is 0 Å². The molecular formula is C35H29N3O2. The van der Waals surface area contributed by atoms with E-state index in [0.717, 1.165) is 24.0 Å². The van der Waals surface area contributed by atoms with Gasteiger partial charge in [-0.3, -0.25) is 14.5 Å². The second-order valence-electron chi connectivity index (χ2n) is 11.3. The molecule has 1 unspecified atom stereocenters. The van der Waals surface area contributed by atoms with Gasteiger partial charge in [0.1, 0.15) is 12.6 Å². The summed E-state index contributed by atoms with van der Waals surface area (Å²) in [4.78, 5) is 32.7. The highest BCUT2D eigenvalue weighted by atomic mass is 16.2. The lowest BCUT2D eigenvalue weighted by atomic mass is 9.91. The van der Waals surface area contributed by atoms with Crippen molar-refractivity contribution in [3.05, 3.63) is 108 Å². The molecule has 5 nitrogen and oxygen atoms in total. The summed E-state index contributed by atoms with van der Waals surface area (Å²) in [6.07, 6.45) is 0. The molecule has 8 rings (SSSR count). The first-order valence-corrected chi connectivity index (χ1v) is 14.1. The van der Waals surface area contributed by atoms with Crippen LogP contribution in [0.3, 0.4) is 0 Å². The Morgan fingerprint density at radius 1 is 0.650 bits per heavy atom. The molecule has 2 aliphatic rings. The molecule has 6 aromatic carbocycles. The van der Waals surface area contributed by atoms with Crippen LogP contribution in [-0.4, -0.2) is 58.7 Å². The van der Waals surface area contributed by atoms with Crippen molar-refractivity contribution in [2.24, 2.45) is 0 Å². The monoisotopic (exact) mass is 523 g/mol. The fraction of sp³-hybridized carbons (Fsp3) is 0.200. The van der Waals surface area contributed by atoms with Crippen molar-refractivity contribution in [3.63, 3.8) is 0 Å². The molecule has 1 atom stereocenters. The molecule has 2 aliphatic heterocycles. The molecule has 0 radical (unpaired) electrons. The number of piperazine rings is 2. The van der Waals surface area contributed by atoms with E-state index in [0.29, 0.717) is 19.6 Å². The number of benzene rings is 6. The molecular weight excluding hydrogens is 494 g/mol. The minimum absolute atomic E-state index is 0.0489. The molecule has 0 aromatic heterocycles. The van der Waals surface area contributed by atoms with Gasteiger partial charge in [0.25, 0.3) is 0 Å². The first-order chi connectivity index (χ1) is 19.6. The number of carbonyl (C=O) groups excluding carboxylic acids is 2. The fourth-order valence-electron chi connectivity index (χ4n) is 6.90. The molecule has 5 heteroatoms. The molecule has 2 fully saturated rings. The van der Waals surface area contributed by atoms with Crippen LogP contribution in [0.1, 0.15) is 11.1 Å². The van der Waals surface area contributed by atoms with Gasteiger partial charge in [-0.1, -0.05) is 91.0 Å². The molecule has 2 heterocycles. The van der Waals surface area contributed by atoms with E-state index >= 15 is 0 Å². The van der Waals surface area contributed by atoms with Crippen LogP contribution in [0.15, 0.2) is 97.1 Å².